The summed E-state index contributed by atoms with van der Waals surface area (Å²) in [6, 6.07) is 0.312. The lowest BCUT2D eigenvalue weighted by atomic mass is 10.2. The molecule has 0 radical (unpaired) electrons. The number of hydrogen-bond acceptors (Lipinski definition) is 4. The van der Waals surface area contributed by atoms with Gasteiger partial charge in [0.2, 0.25) is 0 Å². The lowest BCUT2D eigenvalue weighted by Crippen LogP contribution is -2.23. The number of thiazole rings is 1. The van der Waals surface area contributed by atoms with Gasteiger partial charge >= 0.3 is 0 Å². The summed E-state index contributed by atoms with van der Waals surface area (Å²) in [7, 11) is 1.69. The molecule has 13 heavy (non-hydrogen) atoms. The topological polar surface area (TPSA) is 34.1 Å². The SMILES string of the molecule is CCC(COC)Nc1nc(Cl)cs1. The van der Waals surface area contributed by atoms with Crippen LogP contribution < -0.4 is 5.32 Å². The number of ether oxygens (including phenoxy) is 1. The third kappa shape index (κ3) is 3.50. The minimum absolute atomic E-state index is 0.312. The third-order valence-corrected chi connectivity index (χ3v) is 2.76. The summed E-state index contributed by atoms with van der Waals surface area (Å²) in [6.45, 7) is 2.79. The Morgan fingerprint density at radius 2 is 2.54 bits per heavy atom. The van der Waals surface area contributed by atoms with Crippen molar-refractivity contribution in [2.45, 2.75) is 19.4 Å². The minimum Gasteiger partial charge on any atom is -0.383 e. The summed E-state index contributed by atoms with van der Waals surface area (Å²) in [6.07, 6.45) is 1.00. The summed E-state index contributed by atoms with van der Waals surface area (Å²) < 4.78 is 5.06. The molecular formula is C8H13ClN2OS. The molecule has 1 rings (SSSR count). The summed E-state index contributed by atoms with van der Waals surface area (Å²) in [5.41, 5.74) is 0. The molecule has 74 valence electrons. The predicted molar refractivity (Wildman–Crippen MR) is 56.7 cm³/mol. The average molecular weight is 221 g/mol. The van der Waals surface area contributed by atoms with E-state index in [1.165, 1.54) is 11.3 Å². The smallest absolute Gasteiger partial charge is 0.184 e. The minimum atomic E-state index is 0.312. The van der Waals surface area contributed by atoms with Gasteiger partial charge in [0.05, 0.1) is 12.6 Å². The van der Waals surface area contributed by atoms with Crippen LogP contribution in [0.15, 0.2) is 5.38 Å². The van der Waals surface area contributed by atoms with E-state index in [0.29, 0.717) is 17.8 Å². The number of rotatable bonds is 5. The molecule has 1 aromatic heterocycles. The highest BCUT2D eigenvalue weighted by Gasteiger charge is 2.07. The Hall–Kier alpha value is -0.320. The maximum Gasteiger partial charge on any atom is 0.184 e. The Morgan fingerprint density at radius 1 is 1.77 bits per heavy atom. The summed E-state index contributed by atoms with van der Waals surface area (Å²) in [4.78, 5) is 4.10. The van der Waals surface area contributed by atoms with Crippen LogP contribution in [0.4, 0.5) is 5.13 Å². The molecule has 1 heterocycles. The molecular weight excluding hydrogens is 208 g/mol. The van der Waals surface area contributed by atoms with Crippen molar-refractivity contribution in [1.82, 2.24) is 4.98 Å². The van der Waals surface area contributed by atoms with Gasteiger partial charge in [0.25, 0.3) is 0 Å². The van der Waals surface area contributed by atoms with Gasteiger partial charge in [-0.15, -0.1) is 11.3 Å². The first kappa shape index (κ1) is 10.8. The Bertz CT molecular complexity index is 254. The van der Waals surface area contributed by atoms with Crippen molar-refractivity contribution in [2.24, 2.45) is 0 Å². The molecule has 0 aliphatic rings. The van der Waals surface area contributed by atoms with Gasteiger partial charge in [0, 0.05) is 12.5 Å². The van der Waals surface area contributed by atoms with E-state index in [2.05, 4.69) is 17.2 Å². The van der Waals surface area contributed by atoms with Crippen LogP contribution in [0.3, 0.4) is 0 Å². The number of nitrogens with one attached hydrogen (secondary N) is 1. The molecule has 0 fully saturated rings. The molecule has 5 heteroatoms. The van der Waals surface area contributed by atoms with E-state index >= 15 is 0 Å². The third-order valence-electron chi connectivity index (χ3n) is 1.66. The fraction of sp³-hybridized carbons (Fsp3) is 0.625. The van der Waals surface area contributed by atoms with Crippen molar-refractivity contribution in [2.75, 3.05) is 19.0 Å². The number of aromatic nitrogens is 1. The quantitative estimate of drug-likeness (QED) is 0.829. The van der Waals surface area contributed by atoms with E-state index in [1.54, 1.807) is 7.11 Å². The lowest BCUT2D eigenvalue weighted by molar-refractivity contribution is 0.184. The first-order valence-corrected chi connectivity index (χ1v) is 5.38. The zero-order chi connectivity index (χ0) is 9.68. The molecule has 3 nitrogen and oxygen atoms in total. The second-order valence-corrected chi connectivity index (χ2v) is 3.93. The van der Waals surface area contributed by atoms with Gasteiger partial charge in [-0.1, -0.05) is 18.5 Å². The zero-order valence-electron chi connectivity index (χ0n) is 7.71. The summed E-state index contributed by atoms with van der Waals surface area (Å²) in [5.74, 6) is 0. The number of anilines is 1. The van der Waals surface area contributed by atoms with Gasteiger partial charge in [0.15, 0.2) is 5.13 Å². The second-order valence-electron chi connectivity index (χ2n) is 2.68. The first-order chi connectivity index (χ1) is 6.26. The van der Waals surface area contributed by atoms with Crippen molar-refractivity contribution < 1.29 is 4.74 Å². The van der Waals surface area contributed by atoms with Crippen molar-refractivity contribution in [3.05, 3.63) is 10.5 Å². The van der Waals surface area contributed by atoms with E-state index in [9.17, 15) is 0 Å². The van der Waals surface area contributed by atoms with Gasteiger partial charge in [0.1, 0.15) is 5.15 Å². The maximum atomic E-state index is 5.69. The molecule has 0 saturated heterocycles. The molecule has 0 bridgehead atoms. The van der Waals surface area contributed by atoms with Crippen LogP contribution in [0.5, 0.6) is 0 Å². The molecule has 1 N–H and O–H groups in total. The largest absolute Gasteiger partial charge is 0.383 e. The molecule has 1 atom stereocenters. The molecule has 0 saturated carbocycles. The van der Waals surface area contributed by atoms with E-state index < -0.39 is 0 Å². The Labute approximate surface area is 87.1 Å². The van der Waals surface area contributed by atoms with Crippen molar-refractivity contribution >= 4 is 28.1 Å². The molecule has 0 spiro atoms. The van der Waals surface area contributed by atoms with Gasteiger partial charge in [-0.25, -0.2) is 4.98 Å². The van der Waals surface area contributed by atoms with Gasteiger partial charge in [-0.2, -0.15) is 0 Å². The maximum absolute atomic E-state index is 5.69. The molecule has 1 aromatic rings. The monoisotopic (exact) mass is 220 g/mol. The fourth-order valence-corrected chi connectivity index (χ4v) is 1.87. The van der Waals surface area contributed by atoms with Crippen LogP contribution in [-0.4, -0.2) is 24.7 Å². The fourth-order valence-electron chi connectivity index (χ4n) is 0.958. The van der Waals surface area contributed by atoms with E-state index in [1.807, 2.05) is 5.38 Å². The van der Waals surface area contributed by atoms with E-state index in [-0.39, 0.29) is 0 Å². The molecule has 0 amide bonds. The van der Waals surface area contributed by atoms with Gasteiger partial charge in [-0.05, 0) is 6.42 Å². The Morgan fingerprint density at radius 3 is 3.00 bits per heavy atom. The first-order valence-electron chi connectivity index (χ1n) is 4.12. The molecule has 1 unspecified atom stereocenters. The van der Waals surface area contributed by atoms with Crippen LogP contribution >= 0.6 is 22.9 Å². The predicted octanol–water partition coefficient (Wildman–Crippen LogP) is 2.63. The highest BCUT2D eigenvalue weighted by molar-refractivity contribution is 7.14. The van der Waals surface area contributed by atoms with Crippen molar-refractivity contribution in [1.29, 1.82) is 0 Å². The number of methoxy groups -OCH3 is 1. The highest BCUT2D eigenvalue weighted by Crippen LogP contribution is 2.19. The van der Waals surface area contributed by atoms with E-state index in [4.69, 9.17) is 16.3 Å². The molecule has 0 aliphatic carbocycles. The molecule has 0 aliphatic heterocycles. The summed E-state index contributed by atoms with van der Waals surface area (Å²) in [5, 5.41) is 6.45. The standard InChI is InChI=1S/C8H13ClN2OS/c1-3-6(4-12-2)10-8-11-7(9)5-13-8/h5-6H,3-4H2,1-2H3,(H,10,11). The van der Waals surface area contributed by atoms with E-state index in [0.717, 1.165) is 11.6 Å². The highest BCUT2D eigenvalue weighted by atomic mass is 35.5. The van der Waals surface area contributed by atoms with Crippen LogP contribution in [-0.2, 0) is 4.74 Å². The Balaban J connectivity index is 2.46. The van der Waals surface area contributed by atoms with Crippen LogP contribution in [0.1, 0.15) is 13.3 Å². The van der Waals surface area contributed by atoms with Crippen molar-refractivity contribution in [3.63, 3.8) is 0 Å². The zero-order valence-corrected chi connectivity index (χ0v) is 9.28. The molecule has 0 aromatic carbocycles. The van der Waals surface area contributed by atoms with Crippen LogP contribution in [0.25, 0.3) is 0 Å². The van der Waals surface area contributed by atoms with Crippen molar-refractivity contribution in [3.8, 4) is 0 Å². The Kier molecular flexibility index (Phi) is 4.48. The number of halogens is 1. The van der Waals surface area contributed by atoms with Crippen LogP contribution in [0.2, 0.25) is 5.15 Å². The normalized spacial score (nSPS) is 12.8. The number of nitrogens with zero attached hydrogens (tertiary/aromatic N) is 1. The summed E-state index contributed by atoms with van der Waals surface area (Å²) >= 11 is 7.20. The van der Waals surface area contributed by atoms with Crippen LogP contribution in [0, 0.1) is 0 Å². The van der Waals surface area contributed by atoms with Gasteiger partial charge < -0.3 is 10.1 Å². The lowest BCUT2D eigenvalue weighted by Gasteiger charge is -2.14. The average Bonchev–Trinajstić information content (AvgIpc) is 2.50. The number of hydrogen-bond donors (Lipinski definition) is 1. The van der Waals surface area contributed by atoms with Gasteiger partial charge in [-0.3, -0.25) is 0 Å². The second kappa shape index (κ2) is 5.42.